The van der Waals surface area contributed by atoms with Crippen molar-refractivity contribution in [2.45, 2.75) is 78.9 Å². The number of amides is 2. The molecule has 2 amide bonds. The first-order valence-electron chi connectivity index (χ1n) is 11.2. The lowest BCUT2D eigenvalue weighted by Gasteiger charge is -2.31. The molecule has 2 N–H and O–H groups in total. The highest BCUT2D eigenvalue weighted by Gasteiger charge is 2.34. The molecule has 7 heteroatoms. The number of carbonyl (C=O) groups excluding carboxylic acids is 3. The van der Waals surface area contributed by atoms with Crippen LogP contribution in [0.15, 0.2) is 30.3 Å². The summed E-state index contributed by atoms with van der Waals surface area (Å²) in [6.07, 6.45) is 1.90. The summed E-state index contributed by atoms with van der Waals surface area (Å²) in [5.74, 6) is -0.794. The van der Waals surface area contributed by atoms with Crippen molar-refractivity contribution < 1.29 is 23.9 Å². The first-order valence-corrected chi connectivity index (χ1v) is 11.2. The van der Waals surface area contributed by atoms with E-state index in [2.05, 4.69) is 10.6 Å². The highest BCUT2D eigenvalue weighted by atomic mass is 16.6. The van der Waals surface area contributed by atoms with Gasteiger partial charge in [-0.05, 0) is 57.6 Å². The van der Waals surface area contributed by atoms with E-state index in [1.807, 2.05) is 51.1 Å². The molecule has 0 aromatic heterocycles. The highest BCUT2D eigenvalue weighted by molar-refractivity contribution is 5.90. The van der Waals surface area contributed by atoms with Crippen LogP contribution in [0, 0.1) is 11.3 Å². The topological polar surface area (TPSA) is 93.7 Å². The lowest BCUT2D eigenvalue weighted by Crippen LogP contribution is -2.54. The number of hydrogen-bond acceptors (Lipinski definition) is 5. The molecule has 1 aromatic carbocycles. The second kappa shape index (κ2) is 12.5. The van der Waals surface area contributed by atoms with Gasteiger partial charge in [-0.2, -0.15) is 0 Å². The molecule has 2 atom stereocenters. The fourth-order valence-electron chi connectivity index (χ4n) is 3.19. The molecule has 180 valence electrons. The molecule has 7 nitrogen and oxygen atoms in total. The summed E-state index contributed by atoms with van der Waals surface area (Å²) >= 11 is 0. The van der Waals surface area contributed by atoms with E-state index in [0.717, 1.165) is 12.2 Å². The number of para-hydroxylation sites is 1. The first kappa shape index (κ1) is 27.5. The molecule has 0 fully saturated rings. The fraction of sp³-hybridized carbons (Fsp3) is 0.640. The molecule has 0 unspecified atom stereocenters. The Morgan fingerprint density at radius 3 is 2.09 bits per heavy atom. The van der Waals surface area contributed by atoms with Crippen LogP contribution in [-0.2, 0) is 19.1 Å². The molecular weight excluding hydrogens is 408 g/mol. The van der Waals surface area contributed by atoms with Gasteiger partial charge in [0.1, 0.15) is 17.4 Å². The summed E-state index contributed by atoms with van der Waals surface area (Å²) in [6.45, 7) is 11.6. The monoisotopic (exact) mass is 448 g/mol. The van der Waals surface area contributed by atoms with Crippen molar-refractivity contribution in [3.63, 3.8) is 0 Å². The second-order valence-electron chi connectivity index (χ2n) is 10.1. The van der Waals surface area contributed by atoms with E-state index in [0.29, 0.717) is 19.4 Å². The molecule has 0 saturated carbocycles. The maximum absolute atomic E-state index is 13.1. The molecule has 1 aromatic rings. The lowest BCUT2D eigenvalue weighted by atomic mass is 9.85. The van der Waals surface area contributed by atoms with Crippen molar-refractivity contribution in [1.82, 2.24) is 10.6 Å². The minimum Gasteiger partial charge on any atom is -0.494 e. The summed E-state index contributed by atoms with van der Waals surface area (Å²) in [5, 5.41) is 5.45. The molecule has 0 aliphatic rings. The third-order valence-electron chi connectivity index (χ3n) is 4.82. The zero-order valence-electron chi connectivity index (χ0n) is 20.6. The number of hydrogen-bond donors (Lipinski definition) is 2. The highest BCUT2D eigenvalue weighted by Crippen LogP contribution is 2.22. The molecule has 0 spiro atoms. The van der Waals surface area contributed by atoms with Crippen LogP contribution in [0.3, 0.4) is 0 Å². The number of rotatable bonds is 11. The van der Waals surface area contributed by atoms with E-state index in [1.54, 1.807) is 20.8 Å². The van der Waals surface area contributed by atoms with Gasteiger partial charge >= 0.3 is 5.97 Å². The van der Waals surface area contributed by atoms with Crippen LogP contribution in [0.5, 0.6) is 5.75 Å². The quantitative estimate of drug-likeness (QED) is 0.396. The Bertz CT molecular complexity index is 735. The van der Waals surface area contributed by atoms with Gasteiger partial charge in [0, 0.05) is 13.0 Å². The van der Waals surface area contributed by atoms with Gasteiger partial charge in [0.25, 0.3) is 0 Å². The normalized spacial score (nSPS) is 13.6. The molecule has 0 radical (unpaired) electrons. The molecular formula is C25H40N2O5. The summed E-state index contributed by atoms with van der Waals surface area (Å²) < 4.78 is 11.1. The third kappa shape index (κ3) is 10.6. The Hall–Kier alpha value is -2.57. The third-order valence-corrected chi connectivity index (χ3v) is 4.82. The van der Waals surface area contributed by atoms with Crippen LogP contribution in [0.1, 0.15) is 67.2 Å². The van der Waals surface area contributed by atoms with Gasteiger partial charge in [0.15, 0.2) is 0 Å². The molecule has 0 heterocycles. The van der Waals surface area contributed by atoms with Gasteiger partial charge < -0.3 is 20.1 Å². The SMILES string of the molecule is CNC(=O)[C@@H](NC(=O)[C@H](CCCCOc1ccccc1)CC(=O)OC(C)(C)C)C(C)(C)C. The Labute approximate surface area is 192 Å². The Morgan fingerprint density at radius 1 is 0.938 bits per heavy atom. The van der Waals surface area contributed by atoms with Crippen molar-refractivity contribution in [2.24, 2.45) is 11.3 Å². The predicted octanol–water partition coefficient (Wildman–Crippen LogP) is 3.86. The molecule has 32 heavy (non-hydrogen) atoms. The Balaban J connectivity index is 2.76. The number of esters is 1. The van der Waals surface area contributed by atoms with Crippen LogP contribution >= 0.6 is 0 Å². The Morgan fingerprint density at radius 2 is 1.56 bits per heavy atom. The standard InChI is InChI=1S/C25H40N2O5/c1-24(2,3)21(23(30)26-7)27-22(29)18(17-20(28)32-25(4,5)6)13-11-12-16-31-19-14-9-8-10-15-19/h8-10,14-15,18,21H,11-13,16-17H2,1-7H3,(H,26,30)(H,27,29)/t18-,21-/m1/s1. The van der Waals surface area contributed by atoms with Crippen LogP contribution in [0.4, 0.5) is 0 Å². The van der Waals surface area contributed by atoms with Crippen molar-refractivity contribution in [3.05, 3.63) is 30.3 Å². The first-order chi connectivity index (χ1) is 14.8. The Kier molecular flexibility index (Phi) is 10.7. The number of ether oxygens (including phenoxy) is 2. The van der Waals surface area contributed by atoms with Gasteiger partial charge in [0.05, 0.1) is 13.0 Å². The minimum absolute atomic E-state index is 0.0345. The van der Waals surface area contributed by atoms with E-state index in [1.165, 1.54) is 7.05 Å². The van der Waals surface area contributed by atoms with E-state index in [9.17, 15) is 14.4 Å². The van der Waals surface area contributed by atoms with Crippen LogP contribution in [-0.4, -0.2) is 43.1 Å². The predicted molar refractivity (Wildman–Crippen MR) is 125 cm³/mol. The van der Waals surface area contributed by atoms with Crippen molar-refractivity contribution >= 4 is 17.8 Å². The maximum Gasteiger partial charge on any atom is 0.307 e. The van der Waals surface area contributed by atoms with Gasteiger partial charge in [-0.1, -0.05) is 39.0 Å². The average molecular weight is 449 g/mol. The second-order valence-corrected chi connectivity index (χ2v) is 10.1. The van der Waals surface area contributed by atoms with Gasteiger partial charge in [-0.15, -0.1) is 0 Å². The van der Waals surface area contributed by atoms with Gasteiger partial charge in [0.2, 0.25) is 11.8 Å². The van der Waals surface area contributed by atoms with Crippen molar-refractivity contribution in [3.8, 4) is 5.75 Å². The van der Waals surface area contributed by atoms with Crippen molar-refractivity contribution in [2.75, 3.05) is 13.7 Å². The van der Waals surface area contributed by atoms with Crippen LogP contribution in [0.2, 0.25) is 0 Å². The molecule has 0 saturated heterocycles. The summed E-state index contributed by atoms with van der Waals surface area (Å²) in [6, 6.07) is 8.83. The molecule has 0 aliphatic carbocycles. The smallest absolute Gasteiger partial charge is 0.307 e. The zero-order valence-corrected chi connectivity index (χ0v) is 20.6. The fourth-order valence-corrected chi connectivity index (χ4v) is 3.19. The van der Waals surface area contributed by atoms with Gasteiger partial charge in [-0.3, -0.25) is 14.4 Å². The van der Waals surface area contributed by atoms with E-state index in [-0.39, 0.29) is 18.2 Å². The van der Waals surface area contributed by atoms with Crippen molar-refractivity contribution in [1.29, 1.82) is 0 Å². The van der Waals surface area contributed by atoms with E-state index < -0.39 is 28.9 Å². The molecule has 0 bridgehead atoms. The minimum atomic E-state index is -0.706. The number of likely N-dealkylation sites (N-methyl/N-ethyl adjacent to an activating group) is 1. The number of benzene rings is 1. The average Bonchev–Trinajstić information content (AvgIpc) is 2.68. The van der Waals surface area contributed by atoms with Crippen LogP contribution < -0.4 is 15.4 Å². The van der Waals surface area contributed by atoms with Gasteiger partial charge in [-0.25, -0.2) is 0 Å². The van der Waals surface area contributed by atoms with E-state index in [4.69, 9.17) is 9.47 Å². The zero-order chi connectivity index (χ0) is 24.4. The number of nitrogens with one attached hydrogen (secondary N) is 2. The summed E-state index contributed by atoms with van der Waals surface area (Å²) in [7, 11) is 1.54. The van der Waals surface area contributed by atoms with Crippen LogP contribution in [0.25, 0.3) is 0 Å². The largest absolute Gasteiger partial charge is 0.494 e. The summed E-state index contributed by atoms with van der Waals surface area (Å²) in [4.78, 5) is 37.8. The van der Waals surface area contributed by atoms with E-state index >= 15 is 0 Å². The number of unbranched alkanes of at least 4 members (excludes halogenated alkanes) is 1. The summed E-state index contributed by atoms with van der Waals surface area (Å²) in [5.41, 5.74) is -1.10. The lowest BCUT2D eigenvalue weighted by molar-refractivity contribution is -0.157. The maximum atomic E-state index is 13.1. The molecule has 1 rings (SSSR count). The number of carbonyl (C=O) groups is 3. The molecule has 0 aliphatic heterocycles.